The number of carbonyl (C=O) groups is 1. The van der Waals surface area contributed by atoms with Gasteiger partial charge in [0.2, 0.25) is 0 Å². The van der Waals surface area contributed by atoms with Gasteiger partial charge in [0, 0.05) is 18.3 Å². The molecule has 1 aromatic carbocycles. The third kappa shape index (κ3) is 3.75. The molecule has 0 saturated carbocycles. The van der Waals surface area contributed by atoms with E-state index in [0.717, 1.165) is 0 Å². The van der Waals surface area contributed by atoms with E-state index in [1.54, 1.807) is 24.3 Å². The van der Waals surface area contributed by atoms with E-state index in [0.29, 0.717) is 11.3 Å². The third-order valence-corrected chi connectivity index (χ3v) is 2.47. The van der Waals surface area contributed by atoms with Crippen LogP contribution in [0.2, 0.25) is 0 Å². The van der Waals surface area contributed by atoms with Gasteiger partial charge in [-0.15, -0.1) is 0 Å². The zero-order chi connectivity index (χ0) is 13.5. The summed E-state index contributed by atoms with van der Waals surface area (Å²) in [6.45, 7) is 3.95. The molecule has 2 N–H and O–H groups in total. The molecule has 0 spiro atoms. The van der Waals surface area contributed by atoms with Crippen molar-refractivity contribution >= 4 is 11.7 Å². The molecule has 0 unspecified atom stereocenters. The molecule has 5 nitrogen and oxygen atoms in total. The fourth-order valence-electron chi connectivity index (χ4n) is 1.56. The summed E-state index contributed by atoms with van der Waals surface area (Å²) in [5.41, 5.74) is 1.06. The minimum absolute atomic E-state index is 0.00343. The van der Waals surface area contributed by atoms with Crippen molar-refractivity contribution in [3.63, 3.8) is 0 Å². The number of carbonyl (C=O) groups excluding carboxylic acids is 1. The highest BCUT2D eigenvalue weighted by Crippen LogP contribution is 2.11. The molecule has 5 heteroatoms. The summed E-state index contributed by atoms with van der Waals surface area (Å²) in [5.74, 6) is 0. The molecule has 0 aliphatic carbocycles. The minimum Gasteiger partial charge on any atom is -0.395 e. The highest BCUT2D eigenvalue weighted by Gasteiger charge is 2.16. The van der Waals surface area contributed by atoms with Gasteiger partial charge >= 0.3 is 6.03 Å². The van der Waals surface area contributed by atoms with Crippen LogP contribution < -0.4 is 5.32 Å². The van der Waals surface area contributed by atoms with E-state index in [4.69, 9.17) is 10.4 Å². The molecule has 0 aliphatic heterocycles. The summed E-state index contributed by atoms with van der Waals surface area (Å²) in [5, 5.41) is 20.4. The lowest BCUT2D eigenvalue weighted by Crippen LogP contribution is -2.41. The summed E-state index contributed by atoms with van der Waals surface area (Å²) >= 11 is 0. The van der Waals surface area contributed by atoms with Crippen molar-refractivity contribution in [2.24, 2.45) is 0 Å². The maximum Gasteiger partial charge on any atom is 0.322 e. The minimum atomic E-state index is -0.283. The van der Waals surface area contributed by atoms with Crippen LogP contribution in [0, 0.1) is 11.3 Å². The summed E-state index contributed by atoms with van der Waals surface area (Å²) in [6, 6.07) is 8.43. The fraction of sp³-hybridized carbons (Fsp3) is 0.385. The number of rotatable bonds is 4. The second kappa shape index (κ2) is 6.62. The molecule has 0 atom stereocenters. The van der Waals surface area contributed by atoms with Gasteiger partial charge in [0.15, 0.2) is 0 Å². The van der Waals surface area contributed by atoms with Gasteiger partial charge < -0.3 is 15.3 Å². The summed E-state index contributed by atoms with van der Waals surface area (Å²) in [4.78, 5) is 13.5. The first-order valence-electron chi connectivity index (χ1n) is 5.77. The molecule has 1 rings (SSSR count). The molecule has 18 heavy (non-hydrogen) atoms. The Kier molecular flexibility index (Phi) is 5.15. The van der Waals surface area contributed by atoms with E-state index >= 15 is 0 Å². The predicted octanol–water partition coefficient (Wildman–Crippen LogP) is 1.79. The van der Waals surface area contributed by atoms with Crippen LogP contribution in [0.15, 0.2) is 24.3 Å². The Hall–Kier alpha value is -2.06. The Morgan fingerprint density at radius 3 is 2.83 bits per heavy atom. The zero-order valence-corrected chi connectivity index (χ0v) is 10.6. The lowest BCUT2D eigenvalue weighted by Gasteiger charge is -2.26. The molecule has 0 saturated heterocycles. The monoisotopic (exact) mass is 247 g/mol. The molecule has 0 radical (unpaired) electrons. The number of urea groups is 1. The third-order valence-electron chi connectivity index (χ3n) is 2.47. The van der Waals surface area contributed by atoms with Gasteiger partial charge in [0.05, 0.1) is 18.2 Å². The molecular weight excluding hydrogens is 230 g/mol. The number of nitrogens with one attached hydrogen (secondary N) is 1. The van der Waals surface area contributed by atoms with E-state index < -0.39 is 0 Å². The first kappa shape index (κ1) is 14.0. The smallest absolute Gasteiger partial charge is 0.322 e. The van der Waals surface area contributed by atoms with Crippen LogP contribution in [0.1, 0.15) is 19.4 Å². The Balaban J connectivity index is 2.76. The highest BCUT2D eigenvalue weighted by molar-refractivity contribution is 5.89. The lowest BCUT2D eigenvalue weighted by atomic mass is 10.2. The van der Waals surface area contributed by atoms with E-state index in [-0.39, 0.29) is 25.2 Å². The number of nitriles is 1. The van der Waals surface area contributed by atoms with Gasteiger partial charge in [0.25, 0.3) is 0 Å². The molecule has 0 fully saturated rings. The van der Waals surface area contributed by atoms with E-state index in [9.17, 15) is 4.79 Å². The topological polar surface area (TPSA) is 76.4 Å². The standard InChI is InChI=1S/C13H17N3O2/c1-10(2)16(6-7-17)13(18)15-12-5-3-4-11(8-12)9-14/h3-5,8,10,17H,6-7H2,1-2H3,(H,15,18). The number of amides is 2. The summed E-state index contributed by atoms with van der Waals surface area (Å²) in [7, 11) is 0. The first-order valence-corrected chi connectivity index (χ1v) is 5.77. The largest absolute Gasteiger partial charge is 0.395 e. The van der Waals surface area contributed by atoms with Gasteiger partial charge in [-0.25, -0.2) is 4.79 Å². The predicted molar refractivity (Wildman–Crippen MR) is 69.1 cm³/mol. The number of anilines is 1. The zero-order valence-electron chi connectivity index (χ0n) is 10.6. The van der Waals surface area contributed by atoms with E-state index in [1.165, 1.54) is 4.90 Å². The lowest BCUT2D eigenvalue weighted by molar-refractivity contribution is 0.172. The molecule has 0 aliphatic rings. The number of nitrogens with zero attached hydrogens (tertiary/aromatic N) is 2. The molecule has 0 heterocycles. The Bertz CT molecular complexity index is 452. The van der Waals surface area contributed by atoms with Crippen LogP contribution in [-0.4, -0.2) is 35.2 Å². The van der Waals surface area contributed by atoms with Gasteiger partial charge in [-0.1, -0.05) is 6.07 Å². The van der Waals surface area contributed by atoms with Crippen molar-refractivity contribution in [3.05, 3.63) is 29.8 Å². The van der Waals surface area contributed by atoms with E-state index in [2.05, 4.69) is 5.32 Å². The highest BCUT2D eigenvalue weighted by atomic mass is 16.3. The average Bonchev–Trinajstić information content (AvgIpc) is 2.35. The number of aliphatic hydroxyl groups excluding tert-OH is 1. The quantitative estimate of drug-likeness (QED) is 0.851. The fourth-order valence-corrected chi connectivity index (χ4v) is 1.56. The summed E-state index contributed by atoms with van der Waals surface area (Å²) < 4.78 is 0. The van der Waals surface area contributed by atoms with Crippen molar-refractivity contribution < 1.29 is 9.90 Å². The number of hydrogen-bond acceptors (Lipinski definition) is 3. The van der Waals surface area contributed by atoms with Crippen molar-refractivity contribution in [1.29, 1.82) is 5.26 Å². The van der Waals surface area contributed by atoms with E-state index in [1.807, 2.05) is 19.9 Å². The van der Waals surface area contributed by atoms with Gasteiger partial charge in [-0.05, 0) is 32.0 Å². The second-order valence-electron chi connectivity index (χ2n) is 4.13. The van der Waals surface area contributed by atoms with Crippen LogP contribution >= 0.6 is 0 Å². The maximum absolute atomic E-state index is 12.0. The van der Waals surface area contributed by atoms with Crippen molar-refractivity contribution in [2.75, 3.05) is 18.5 Å². The Morgan fingerprint density at radius 2 is 2.28 bits per heavy atom. The number of hydrogen-bond donors (Lipinski definition) is 2. The molecule has 0 bridgehead atoms. The molecule has 96 valence electrons. The Morgan fingerprint density at radius 1 is 1.56 bits per heavy atom. The normalized spacial score (nSPS) is 9.94. The number of benzene rings is 1. The van der Waals surface area contributed by atoms with Gasteiger partial charge in [0.1, 0.15) is 0 Å². The van der Waals surface area contributed by atoms with Gasteiger partial charge in [-0.2, -0.15) is 5.26 Å². The van der Waals surface area contributed by atoms with Crippen LogP contribution in [0.4, 0.5) is 10.5 Å². The van der Waals surface area contributed by atoms with Gasteiger partial charge in [-0.3, -0.25) is 0 Å². The van der Waals surface area contributed by atoms with Crippen molar-refractivity contribution in [2.45, 2.75) is 19.9 Å². The average molecular weight is 247 g/mol. The summed E-state index contributed by atoms with van der Waals surface area (Å²) in [6.07, 6.45) is 0. The SMILES string of the molecule is CC(C)N(CCO)C(=O)Nc1cccc(C#N)c1. The number of aliphatic hydroxyl groups is 1. The van der Waals surface area contributed by atoms with Crippen LogP contribution in [0.3, 0.4) is 0 Å². The van der Waals surface area contributed by atoms with Crippen LogP contribution in [0.5, 0.6) is 0 Å². The molecular formula is C13H17N3O2. The first-order chi connectivity index (χ1) is 8.58. The maximum atomic E-state index is 12.0. The second-order valence-corrected chi connectivity index (χ2v) is 4.13. The van der Waals surface area contributed by atoms with Crippen LogP contribution in [-0.2, 0) is 0 Å². The van der Waals surface area contributed by atoms with Crippen molar-refractivity contribution in [1.82, 2.24) is 4.90 Å². The Labute approximate surface area is 107 Å². The van der Waals surface area contributed by atoms with Crippen molar-refractivity contribution in [3.8, 4) is 6.07 Å². The molecule has 2 amide bonds. The van der Waals surface area contributed by atoms with Crippen LogP contribution in [0.25, 0.3) is 0 Å². The molecule has 0 aromatic heterocycles. The molecule has 1 aromatic rings.